The van der Waals surface area contributed by atoms with Gasteiger partial charge in [-0.25, -0.2) is 4.98 Å². The van der Waals surface area contributed by atoms with Gasteiger partial charge in [0.05, 0.1) is 23.8 Å². The van der Waals surface area contributed by atoms with Crippen molar-refractivity contribution in [2.24, 2.45) is 0 Å². The SMILES string of the molecule is CC(CO)(CO)Nc1ncc(Br)cc1Cl. The van der Waals surface area contributed by atoms with E-state index in [1.807, 2.05) is 0 Å². The molecule has 0 aliphatic rings. The van der Waals surface area contributed by atoms with E-state index in [1.165, 1.54) is 0 Å². The summed E-state index contributed by atoms with van der Waals surface area (Å²) in [5, 5.41) is 21.5. The zero-order valence-corrected chi connectivity index (χ0v) is 10.5. The number of halogens is 2. The molecule has 0 spiro atoms. The van der Waals surface area contributed by atoms with Crippen LogP contribution in [0.15, 0.2) is 16.7 Å². The lowest BCUT2D eigenvalue weighted by atomic mass is 10.1. The van der Waals surface area contributed by atoms with Crippen molar-refractivity contribution < 1.29 is 10.2 Å². The molecule has 1 aromatic rings. The van der Waals surface area contributed by atoms with Gasteiger partial charge in [0, 0.05) is 10.7 Å². The minimum absolute atomic E-state index is 0.211. The summed E-state index contributed by atoms with van der Waals surface area (Å²) in [6.07, 6.45) is 1.59. The van der Waals surface area contributed by atoms with Gasteiger partial charge in [0.25, 0.3) is 0 Å². The smallest absolute Gasteiger partial charge is 0.145 e. The summed E-state index contributed by atoms with van der Waals surface area (Å²) in [5.74, 6) is 0.436. The van der Waals surface area contributed by atoms with Gasteiger partial charge in [0.1, 0.15) is 5.82 Å². The van der Waals surface area contributed by atoms with Crippen molar-refractivity contribution in [1.29, 1.82) is 0 Å². The topological polar surface area (TPSA) is 65.4 Å². The van der Waals surface area contributed by atoms with Gasteiger partial charge >= 0.3 is 0 Å². The van der Waals surface area contributed by atoms with E-state index < -0.39 is 5.54 Å². The van der Waals surface area contributed by atoms with E-state index in [0.29, 0.717) is 10.8 Å². The van der Waals surface area contributed by atoms with E-state index in [2.05, 4.69) is 26.2 Å². The van der Waals surface area contributed by atoms with E-state index >= 15 is 0 Å². The van der Waals surface area contributed by atoms with Gasteiger partial charge in [0.15, 0.2) is 0 Å². The number of aliphatic hydroxyl groups excluding tert-OH is 2. The molecule has 0 aromatic carbocycles. The Kier molecular flexibility index (Phi) is 4.33. The molecule has 0 bridgehead atoms. The Hall–Kier alpha value is -0.360. The lowest BCUT2D eigenvalue weighted by Gasteiger charge is -2.27. The highest BCUT2D eigenvalue weighted by molar-refractivity contribution is 9.10. The second kappa shape index (κ2) is 5.12. The molecule has 0 unspecified atom stereocenters. The normalized spacial score (nSPS) is 11.5. The molecule has 3 N–H and O–H groups in total. The van der Waals surface area contributed by atoms with Crippen LogP contribution in [0.25, 0.3) is 0 Å². The van der Waals surface area contributed by atoms with Crippen LogP contribution < -0.4 is 5.32 Å². The predicted molar refractivity (Wildman–Crippen MR) is 63.1 cm³/mol. The van der Waals surface area contributed by atoms with Crippen molar-refractivity contribution >= 4 is 33.3 Å². The van der Waals surface area contributed by atoms with E-state index in [9.17, 15) is 0 Å². The summed E-state index contributed by atoms with van der Waals surface area (Å²) in [6, 6.07) is 1.69. The standard InChI is InChI=1S/C9H12BrClN2O2/c1-9(4-14,5-15)13-8-7(11)2-6(10)3-12-8/h2-3,14-15H,4-5H2,1H3,(H,12,13). The summed E-state index contributed by atoms with van der Waals surface area (Å²) in [5.41, 5.74) is -0.829. The van der Waals surface area contributed by atoms with Crippen LogP contribution in [0.1, 0.15) is 6.92 Å². The number of aromatic nitrogens is 1. The number of nitrogens with zero attached hydrogens (tertiary/aromatic N) is 1. The first kappa shape index (κ1) is 12.7. The quantitative estimate of drug-likeness (QED) is 0.790. The van der Waals surface area contributed by atoms with Crippen LogP contribution >= 0.6 is 27.5 Å². The summed E-state index contributed by atoms with van der Waals surface area (Å²) < 4.78 is 0.771. The van der Waals surface area contributed by atoms with E-state index in [-0.39, 0.29) is 13.2 Å². The first-order valence-electron chi connectivity index (χ1n) is 4.32. The average Bonchev–Trinajstić information content (AvgIpc) is 2.22. The summed E-state index contributed by atoms with van der Waals surface area (Å²) in [6.45, 7) is 1.25. The van der Waals surface area contributed by atoms with E-state index in [1.54, 1.807) is 19.2 Å². The van der Waals surface area contributed by atoms with E-state index in [4.69, 9.17) is 21.8 Å². The molecule has 4 nitrogen and oxygen atoms in total. The number of rotatable bonds is 4. The van der Waals surface area contributed by atoms with Gasteiger partial charge < -0.3 is 15.5 Å². The van der Waals surface area contributed by atoms with Crippen LogP contribution in [-0.4, -0.2) is 33.9 Å². The molecule has 0 aliphatic heterocycles. The Morgan fingerprint density at radius 3 is 2.60 bits per heavy atom. The fourth-order valence-electron chi connectivity index (χ4n) is 0.921. The van der Waals surface area contributed by atoms with Crippen LogP contribution in [0.3, 0.4) is 0 Å². The summed E-state index contributed by atoms with van der Waals surface area (Å²) in [7, 11) is 0. The molecule has 0 fully saturated rings. The molecular formula is C9H12BrClN2O2. The maximum atomic E-state index is 9.09. The third-order valence-corrected chi connectivity index (χ3v) is 2.65. The molecule has 0 atom stereocenters. The van der Waals surface area contributed by atoms with Crippen molar-refractivity contribution in [2.75, 3.05) is 18.5 Å². The molecule has 0 amide bonds. The van der Waals surface area contributed by atoms with Crippen LogP contribution in [0.4, 0.5) is 5.82 Å². The minimum atomic E-state index is -0.829. The summed E-state index contributed by atoms with van der Waals surface area (Å²) >= 11 is 9.17. The van der Waals surface area contributed by atoms with E-state index in [0.717, 1.165) is 4.47 Å². The third-order valence-electron chi connectivity index (χ3n) is 1.93. The van der Waals surface area contributed by atoms with Crippen molar-refractivity contribution in [2.45, 2.75) is 12.5 Å². The number of pyridine rings is 1. The molecule has 1 rings (SSSR count). The second-order valence-corrected chi connectivity index (χ2v) is 4.81. The fourth-order valence-corrected chi connectivity index (χ4v) is 1.60. The molecular weight excluding hydrogens is 283 g/mol. The molecule has 1 aromatic heterocycles. The van der Waals surface area contributed by atoms with Gasteiger partial charge in [-0.05, 0) is 28.9 Å². The molecule has 84 valence electrons. The Bertz CT molecular complexity index is 345. The maximum Gasteiger partial charge on any atom is 0.145 e. The fraction of sp³-hybridized carbons (Fsp3) is 0.444. The van der Waals surface area contributed by atoms with Crippen molar-refractivity contribution in [3.8, 4) is 0 Å². The van der Waals surface area contributed by atoms with Crippen LogP contribution in [0.5, 0.6) is 0 Å². The Labute approximate surface area is 101 Å². The summed E-state index contributed by atoms with van der Waals surface area (Å²) in [4.78, 5) is 4.05. The number of aliphatic hydroxyl groups is 2. The highest BCUT2D eigenvalue weighted by Gasteiger charge is 2.23. The van der Waals surface area contributed by atoms with Crippen LogP contribution in [0, 0.1) is 0 Å². The number of anilines is 1. The monoisotopic (exact) mass is 294 g/mol. The van der Waals surface area contributed by atoms with Crippen LogP contribution in [-0.2, 0) is 0 Å². The minimum Gasteiger partial charge on any atom is -0.394 e. The van der Waals surface area contributed by atoms with Gasteiger partial charge in [0.2, 0.25) is 0 Å². The zero-order chi connectivity index (χ0) is 11.5. The third kappa shape index (κ3) is 3.31. The Morgan fingerprint density at radius 2 is 2.13 bits per heavy atom. The van der Waals surface area contributed by atoms with Crippen LogP contribution in [0.2, 0.25) is 5.02 Å². The Morgan fingerprint density at radius 1 is 1.53 bits per heavy atom. The molecule has 15 heavy (non-hydrogen) atoms. The first-order chi connectivity index (χ1) is 7.00. The second-order valence-electron chi connectivity index (χ2n) is 3.49. The van der Waals surface area contributed by atoms with Crippen molar-refractivity contribution in [3.63, 3.8) is 0 Å². The maximum absolute atomic E-state index is 9.09. The van der Waals surface area contributed by atoms with Crippen molar-refractivity contribution in [1.82, 2.24) is 4.98 Å². The van der Waals surface area contributed by atoms with Gasteiger partial charge in [-0.2, -0.15) is 0 Å². The largest absolute Gasteiger partial charge is 0.394 e. The highest BCUT2D eigenvalue weighted by atomic mass is 79.9. The van der Waals surface area contributed by atoms with Gasteiger partial charge in [-0.15, -0.1) is 0 Å². The zero-order valence-electron chi connectivity index (χ0n) is 8.17. The van der Waals surface area contributed by atoms with Gasteiger partial charge in [-0.1, -0.05) is 11.6 Å². The number of nitrogens with one attached hydrogen (secondary N) is 1. The lowest BCUT2D eigenvalue weighted by Crippen LogP contribution is -2.42. The van der Waals surface area contributed by atoms with Gasteiger partial charge in [-0.3, -0.25) is 0 Å². The average molecular weight is 296 g/mol. The number of hydrogen-bond donors (Lipinski definition) is 3. The van der Waals surface area contributed by atoms with Crippen molar-refractivity contribution in [3.05, 3.63) is 21.8 Å². The lowest BCUT2D eigenvalue weighted by molar-refractivity contribution is 0.147. The predicted octanol–water partition coefficient (Wildman–Crippen LogP) is 1.65. The molecule has 6 heteroatoms. The molecule has 0 radical (unpaired) electrons. The molecule has 0 aliphatic carbocycles. The number of hydrogen-bond acceptors (Lipinski definition) is 4. The Balaban J connectivity index is 2.89. The molecule has 0 saturated carbocycles. The first-order valence-corrected chi connectivity index (χ1v) is 5.49. The molecule has 0 saturated heterocycles. The molecule has 1 heterocycles. The highest BCUT2D eigenvalue weighted by Crippen LogP contribution is 2.25.